The number of nitro groups is 2. The number of hydrogen-bond donors (Lipinski definition) is 0. The first-order valence-electron chi connectivity index (χ1n) is 3.12. The van der Waals surface area contributed by atoms with Crippen molar-refractivity contribution in [2.75, 3.05) is 0 Å². The normalized spacial score (nSPS) is 8.86. The summed E-state index contributed by atoms with van der Waals surface area (Å²) in [6, 6.07) is 2.37. The van der Waals surface area contributed by atoms with Gasteiger partial charge in [-0.25, -0.2) is 0 Å². The number of hydrogen-bond acceptors (Lipinski definition) is 5. The molecular formula is C6H3LiN2O5. The molecule has 0 radical (unpaired) electrons. The number of nitrogens with zero attached hydrogens (tertiary/aromatic N) is 2. The van der Waals surface area contributed by atoms with Gasteiger partial charge >= 0.3 is 18.9 Å². The molecule has 0 aliphatic heterocycles. The molecule has 0 aromatic heterocycles. The second-order valence-corrected chi connectivity index (χ2v) is 2.17. The van der Waals surface area contributed by atoms with Crippen LogP contribution in [0.3, 0.4) is 0 Å². The molecule has 0 saturated heterocycles. The quantitative estimate of drug-likeness (QED) is 0.293. The van der Waals surface area contributed by atoms with Crippen molar-refractivity contribution in [3.63, 3.8) is 0 Å². The Bertz CT molecular complexity index is 380. The van der Waals surface area contributed by atoms with Gasteiger partial charge in [0.1, 0.15) is 0 Å². The predicted octanol–water partition coefficient (Wildman–Crippen LogP) is -2.42. The summed E-state index contributed by atoms with van der Waals surface area (Å²) >= 11 is 0. The number of nitro benzene ring substituents is 2. The average Bonchev–Trinajstić information content (AvgIpc) is 2.04. The fourth-order valence-corrected chi connectivity index (χ4v) is 0.762. The van der Waals surface area contributed by atoms with Crippen molar-refractivity contribution in [1.82, 2.24) is 0 Å². The summed E-state index contributed by atoms with van der Waals surface area (Å²) in [6.07, 6.45) is 0. The van der Waals surface area contributed by atoms with Crippen molar-refractivity contribution in [3.05, 3.63) is 38.4 Å². The Morgan fingerprint density at radius 2 is 1.64 bits per heavy atom. The number of non-ortho nitro benzene ring substituents is 1. The third-order valence-corrected chi connectivity index (χ3v) is 1.35. The maximum absolute atomic E-state index is 10.8. The molecule has 1 aromatic rings. The molecule has 0 spiro atoms. The van der Waals surface area contributed by atoms with Gasteiger partial charge < -0.3 is 5.11 Å². The van der Waals surface area contributed by atoms with Crippen LogP contribution in [0.1, 0.15) is 0 Å². The first-order valence-corrected chi connectivity index (χ1v) is 3.12. The molecule has 0 unspecified atom stereocenters. The third kappa shape index (κ3) is 2.45. The average molecular weight is 190 g/mol. The Morgan fingerprint density at radius 1 is 1.07 bits per heavy atom. The van der Waals surface area contributed by atoms with Crippen LogP contribution in [0.4, 0.5) is 11.4 Å². The predicted molar refractivity (Wildman–Crippen MR) is 39.2 cm³/mol. The van der Waals surface area contributed by atoms with Gasteiger partial charge in [0, 0.05) is 6.07 Å². The van der Waals surface area contributed by atoms with E-state index in [1.54, 1.807) is 0 Å². The molecule has 8 heteroatoms. The van der Waals surface area contributed by atoms with E-state index >= 15 is 0 Å². The largest absolute Gasteiger partial charge is 1.00 e. The SMILES string of the molecule is O=[N+]([O-])c1ccc([O-])c([N+](=O)[O-])c1.[Li+]. The Balaban J connectivity index is 0.00000169. The van der Waals surface area contributed by atoms with Crippen molar-refractivity contribution >= 4 is 11.4 Å². The minimum atomic E-state index is -0.949. The Morgan fingerprint density at radius 3 is 2.07 bits per heavy atom. The van der Waals surface area contributed by atoms with Gasteiger partial charge in [-0.1, -0.05) is 6.07 Å². The fraction of sp³-hybridized carbons (Fsp3) is 0. The van der Waals surface area contributed by atoms with Crippen LogP contribution in [0.15, 0.2) is 18.2 Å². The van der Waals surface area contributed by atoms with E-state index < -0.39 is 27.0 Å². The van der Waals surface area contributed by atoms with Gasteiger partial charge in [-0.3, -0.25) is 20.2 Å². The van der Waals surface area contributed by atoms with Gasteiger partial charge in [-0.05, 0) is 5.75 Å². The van der Waals surface area contributed by atoms with Gasteiger partial charge in [0.15, 0.2) is 0 Å². The van der Waals surface area contributed by atoms with Crippen LogP contribution in [-0.2, 0) is 0 Å². The zero-order valence-electron chi connectivity index (χ0n) is 7.17. The van der Waals surface area contributed by atoms with Crippen molar-refractivity contribution < 1.29 is 33.8 Å². The van der Waals surface area contributed by atoms with E-state index in [1.165, 1.54) is 0 Å². The summed E-state index contributed by atoms with van der Waals surface area (Å²) in [4.78, 5) is 18.6. The molecule has 14 heavy (non-hydrogen) atoms. The minimum absolute atomic E-state index is 0. The molecule has 68 valence electrons. The van der Waals surface area contributed by atoms with Crippen LogP contribution in [-0.4, -0.2) is 9.85 Å². The van der Waals surface area contributed by atoms with E-state index in [1.807, 2.05) is 0 Å². The van der Waals surface area contributed by atoms with E-state index in [0.717, 1.165) is 12.1 Å². The summed E-state index contributed by atoms with van der Waals surface area (Å²) in [6.45, 7) is 0. The maximum Gasteiger partial charge on any atom is 1.00 e. The van der Waals surface area contributed by atoms with Gasteiger partial charge in [-0.2, -0.15) is 0 Å². The number of benzene rings is 1. The molecular weight excluding hydrogens is 187 g/mol. The van der Waals surface area contributed by atoms with E-state index in [-0.39, 0.29) is 18.9 Å². The standard InChI is InChI=1S/C6H4N2O5.Li/c9-6-2-1-4(7(10)11)3-5(6)8(12)13;/h1-3,9H;/q;+1/p-1. The molecule has 1 rings (SSSR count). The topological polar surface area (TPSA) is 109 Å². The van der Waals surface area contributed by atoms with Crippen LogP contribution in [0.5, 0.6) is 5.75 Å². The van der Waals surface area contributed by atoms with Crippen LogP contribution in [0.2, 0.25) is 0 Å². The van der Waals surface area contributed by atoms with Gasteiger partial charge in [0.05, 0.1) is 15.9 Å². The van der Waals surface area contributed by atoms with Crippen molar-refractivity contribution in [1.29, 1.82) is 0 Å². The van der Waals surface area contributed by atoms with Crippen molar-refractivity contribution in [3.8, 4) is 5.75 Å². The van der Waals surface area contributed by atoms with E-state index in [2.05, 4.69) is 0 Å². The summed E-state index contributed by atoms with van der Waals surface area (Å²) in [5, 5.41) is 31.1. The summed E-state index contributed by atoms with van der Waals surface area (Å²) in [5.74, 6) is -0.837. The van der Waals surface area contributed by atoms with Crippen molar-refractivity contribution in [2.24, 2.45) is 0 Å². The molecule has 0 amide bonds. The van der Waals surface area contributed by atoms with Crippen LogP contribution in [0.25, 0.3) is 0 Å². The third-order valence-electron chi connectivity index (χ3n) is 1.35. The minimum Gasteiger partial charge on any atom is -0.868 e. The molecule has 0 atom stereocenters. The first kappa shape index (κ1) is 12.4. The first-order chi connectivity index (χ1) is 6.02. The molecule has 0 N–H and O–H groups in total. The van der Waals surface area contributed by atoms with Crippen LogP contribution >= 0.6 is 0 Å². The molecule has 7 nitrogen and oxygen atoms in total. The summed E-state index contributed by atoms with van der Waals surface area (Å²) < 4.78 is 0. The zero-order valence-corrected chi connectivity index (χ0v) is 7.17. The van der Waals surface area contributed by atoms with Crippen LogP contribution in [0, 0.1) is 20.2 Å². The van der Waals surface area contributed by atoms with Gasteiger partial charge in [0.2, 0.25) is 0 Å². The molecule has 0 saturated carbocycles. The fourth-order valence-electron chi connectivity index (χ4n) is 0.762. The second-order valence-electron chi connectivity index (χ2n) is 2.17. The summed E-state index contributed by atoms with van der Waals surface area (Å²) in [7, 11) is 0. The van der Waals surface area contributed by atoms with Gasteiger partial charge in [0.25, 0.3) is 11.4 Å². The second kappa shape index (κ2) is 4.60. The number of rotatable bonds is 2. The summed E-state index contributed by atoms with van der Waals surface area (Å²) in [5.41, 5.74) is -1.25. The molecule has 0 fully saturated rings. The van der Waals surface area contributed by atoms with E-state index in [0.29, 0.717) is 6.07 Å². The maximum atomic E-state index is 10.8. The van der Waals surface area contributed by atoms with E-state index in [9.17, 15) is 25.3 Å². The molecule has 0 heterocycles. The molecule has 0 aliphatic carbocycles. The Labute approximate surface area is 89.8 Å². The smallest absolute Gasteiger partial charge is 0.868 e. The van der Waals surface area contributed by atoms with Crippen molar-refractivity contribution in [2.45, 2.75) is 0 Å². The Kier molecular flexibility index (Phi) is 4.08. The molecule has 0 bridgehead atoms. The zero-order chi connectivity index (χ0) is 10.0. The monoisotopic (exact) mass is 190 g/mol. The Hall–Kier alpha value is -1.58. The van der Waals surface area contributed by atoms with Crippen LogP contribution < -0.4 is 24.0 Å². The van der Waals surface area contributed by atoms with Gasteiger partial charge in [-0.15, -0.1) is 0 Å². The van der Waals surface area contributed by atoms with E-state index in [4.69, 9.17) is 0 Å². The molecule has 0 aliphatic rings. The molecule has 1 aromatic carbocycles.